The second-order valence-electron chi connectivity index (χ2n) is 4.77. The maximum atomic E-state index is 5.54. The molecular formula is C11H18N2OSi. The van der Waals surface area contributed by atoms with Crippen molar-refractivity contribution >= 4 is 8.07 Å². The first kappa shape index (κ1) is 12.0. The van der Waals surface area contributed by atoms with E-state index in [-0.39, 0.29) is 0 Å². The summed E-state index contributed by atoms with van der Waals surface area (Å²) in [5.74, 6) is 2.48. The SMILES string of the molecule is C#Cc1cn(COCC[Si](C)(C)C)cn1. The normalized spacial score (nSPS) is 11.3. The van der Waals surface area contributed by atoms with E-state index in [1.54, 1.807) is 6.33 Å². The molecular weight excluding hydrogens is 204 g/mol. The van der Waals surface area contributed by atoms with E-state index in [1.807, 2.05) is 10.8 Å². The molecule has 1 heterocycles. The van der Waals surface area contributed by atoms with E-state index in [1.165, 1.54) is 6.04 Å². The second-order valence-corrected chi connectivity index (χ2v) is 10.4. The van der Waals surface area contributed by atoms with E-state index >= 15 is 0 Å². The molecule has 0 saturated carbocycles. The number of terminal acetylenes is 1. The molecule has 0 aliphatic rings. The maximum Gasteiger partial charge on any atom is 0.130 e. The summed E-state index contributed by atoms with van der Waals surface area (Å²) in [5.41, 5.74) is 0.656. The fourth-order valence-corrected chi connectivity index (χ4v) is 1.81. The van der Waals surface area contributed by atoms with Crippen LogP contribution in [0.5, 0.6) is 0 Å². The fraction of sp³-hybridized carbons (Fsp3) is 0.545. The van der Waals surface area contributed by atoms with Gasteiger partial charge in [-0.05, 0) is 12.0 Å². The van der Waals surface area contributed by atoms with E-state index in [4.69, 9.17) is 11.2 Å². The predicted molar refractivity (Wildman–Crippen MR) is 64.3 cm³/mol. The summed E-state index contributed by atoms with van der Waals surface area (Å²) >= 11 is 0. The predicted octanol–water partition coefficient (Wildman–Crippen LogP) is 2.18. The Labute approximate surface area is 92.5 Å². The second kappa shape index (κ2) is 5.15. The maximum absolute atomic E-state index is 5.54. The molecule has 0 N–H and O–H groups in total. The molecule has 0 aliphatic heterocycles. The number of rotatable bonds is 5. The van der Waals surface area contributed by atoms with Gasteiger partial charge in [-0.25, -0.2) is 4.98 Å². The van der Waals surface area contributed by atoms with E-state index in [9.17, 15) is 0 Å². The standard InChI is InChI=1S/C11H18N2OSi/c1-5-11-8-13(9-12-11)10-14-6-7-15(2,3)4/h1,8-9H,6-7,10H2,2-4H3. The molecule has 4 heteroatoms. The molecule has 15 heavy (non-hydrogen) atoms. The van der Waals surface area contributed by atoms with Gasteiger partial charge < -0.3 is 9.30 Å². The van der Waals surface area contributed by atoms with Crippen molar-refractivity contribution in [1.82, 2.24) is 9.55 Å². The van der Waals surface area contributed by atoms with Crippen molar-refractivity contribution in [3.05, 3.63) is 18.2 Å². The molecule has 0 spiro atoms. The minimum atomic E-state index is -0.979. The summed E-state index contributed by atoms with van der Waals surface area (Å²) in [6.07, 6.45) is 8.73. The topological polar surface area (TPSA) is 27.1 Å². The minimum Gasteiger partial charge on any atom is -0.361 e. The molecule has 3 nitrogen and oxygen atoms in total. The zero-order valence-corrected chi connectivity index (χ0v) is 10.7. The molecule has 0 saturated heterocycles. The number of nitrogens with zero attached hydrogens (tertiary/aromatic N) is 2. The van der Waals surface area contributed by atoms with Crippen LogP contribution in [-0.2, 0) is 11.5 Å². The number of aromatic nitrogens is 2. The molecule has 0 radical (unpaired) electrons. The lowest BCUT2D eigenvalue weighted by Gasteiger charge is -2.15. The molecule has 0 aliphatic carbocycles. The Bertz CT molecular complexity index is 346. The fourth-order valence-electron chi connectivity index (χ4n) is 1.05. The Morgan fingerprint density at radius 1 is 1.53 bits per heavy atom. The van der Waals surface area contributed by atoms with Crippen molar-refractivity contribution in [3.8, 4) is 12.3 Å². The van der Waals surface area contributed by atoms with Crippen LogP contribution < -0.4 is 0 Å². The summed E-state index contributed by atoms with van der Waals surface area (Å²) in [6.45, 7) is 8.37. The Kier molecular flexibility index (Phi) is 4.12. The quantitative estimate of drug-likeness (QED) is 0.434. The first-order chi connectivity index (χ1) is 7.01. The number of hydrogen-bond acceptors (Lipinski definition) is 2. The third kappa shape index (κ3) is 4.82. The Morgan fingerprint density at radius 3 is 2.80 bits per heavy atom. The van der Waals surface area contributed by atoms with Crippen LogP contribution in [0.4, 0.5) is 0 Å². The monoisotopic (exact) mass is 222 g/mol. The molecule has 0 aromatic carbocycles. The third-order valence-corrected chi connectivity index (χ3v) is 3.72. The lowest BCUT2D eigenvalue weighted by molar-refractivity contribution is 0.0871. The van der Waals surface area contributed by atoms with Gasteiger partial charge in [-0.1, -0.05) is 19.6 Å². The van der Waals surface area contributed by atoms with E-state index in [2.05, 4.69) is 30.5 Å². The van der Waals surface area contributed by atoms with Crippen molar-refractivity contribution in [2.45, 2.75) is 32.4 Å². The molecule has 1 aromatic rings. The highest BCUT2D eigenvalue weighted by atomic mass is 28.3. The highest BCUT2D eigenvalue weighted by molar-refractivity contribution is 6.76. The van der Waals surface area contributed by atoms with Crippen molar-refractivity contribution in [2.75, 3.05) is 6.61 Å². The summed E-state index contributed by atoms with van der Waals surface area (Å²) in [6, 6.07) is 1.18. The van der Waals surface area contributed by atoms with Gasteiger partial charge in [0.05, 0.1) is 6.33 Å². The lowest BCUT2D eigenvalue weighted by atomic mass is 10.5. The Balaban J connectivity index is 2.24. The third-order valence-electron chi connectivity index (χ3n) is 2.02. The summed E-state index contributed by atoms with van der Waals surface area (Å²) in [5, 5.41) is 0. The number of ether oxygens (including phenoxy) is 1. The number of hydrogen-bond donors (Lipinski definition) is 0. The smallest absolute Gasteiger partial charge is 0.130 e. The highest BCUT2D eigenvalue weighted by Crippen LogP contribution is 2.07. The molecule has 0 bridgehead atoms. The van der Waals surface area contributed by atoms with Gasteiger partial charge in [0.2, 0.25) is 0 Å². The van der Waals surface area contributed by atoms with E-state index in [0.717, 1.165) is 6.61 Å². The summed E-state index contributed by atoms with van der Waals surface area (Å²) < 4.78 is 7.40. The molecule has 0 atom stereocenters. The van der Waals surface area contributed by atoms with E-state index < -0.39 is 8.07 Å². The molecule has 0 unspecified atom stereocenters. The van der Waals surface area contributed by atoms with Crippen LogP contribution in [0, 0.1) is 12.3 Å². The molecule has 0 fully saturated rings. The Hall–Kier alpha value is -1.05. The average molecular weight is 222 g/mol. The van der Waals surface area contributed by atoms with Crippen molar-refractivity contribution in [1.29, 1.82) is 0 Å². The molecule has 0 amide bonds. The van der Waals surface area contributed by atoms with Gasteiger partial charge in [0.25, 0.3) is 0 Å². The summed E-state index contributed by atoms with van der Waals surface area (Å²) in [4.78, 5) is 4.02. The molecule has 1 aromatic heterocycles. The first-order valence-electron chi connectivity index (χ1n) is 5.07. The van der Waals surface area contributed by atoms with Crippen LogP contribution in [0.1, 0.15) is 5.69 Å². The van der Waals surface area contributed by atoms with Gasteiger partial charge in [-0.3, -0.25) is 0 Å². The lowest BCUT2D eigenvalue weighted by Crippen LogP contribution is -2.21. The Morgan fingerprint density at radius 2 is 2.27 bits per heavy atom. The molecule has 1 rings (SSSR count). The van der Waals surface area contributed by atoms with Crippen LogP contribution in [0.3, 0.4) is 0 Å². The van der Waals surface area contributed by atoms with Crippen LogP contribution in [0.25, 0.3) is 0 Å². The van der Waals surface area contributed by atoms with Crippen LogP contribution in [0.2, 0.25) is 25.7 Å². The first-order valence-corrected chi connectivity index (χ1v) is 8.78. The van der Waals surface area contributed by atoms with Crippen molar-refractivity contribution in [3.63, 3.8) is 0 Å². The van der Waals surface area contributed by atoms with Gasteiger partial charge in [0.1, 0.15) is 12.4 Å². The van der Waals surface area contributed by atoms with Crippen LogP contribution >= 0.6 is 0 Å². The van der Waals surface area contributed by atoms with Crippen molar-refractivity contribution < 1.29 is 4.74 Å². The number of imidazole rings is 1. The van der Waals surface area contributed by atoms with Crippen LogP contribution in [-0.4, -0.2) is 24.2 Å². The van der Waals surface area contributed by atoms with Gasteiger partial charge in [0, 0.05) is 20.9 Å². The largest absolute Gasteiger partial charge is 0.361 e. The summed E-state index contributed by atoms with van der Waals surface area (Å²) in [7, 11) is -0.979. The van der Waals surface area contributed by atoms with Gasteiger partial charge >= 0.3 is 0 Å². The van der Waals surface area contributed by atoms with Gasteiger partial charge in [0.15, 0.2) is 0 Å². The van der Waals surface area contributed by atoms with E-state index in [0.29, 0.717) is 12.4 Å². The van der Waals surface area contributed by atoms with Crippen molar-refractivity contribution in [2.24, 2.45) is 0 Å². The zero-order chi connectivity index (χ0) is 11.3. The van der Waals surface area contributed by atoms with Gasteiger partial charge in [-0.15, -0.1) is 6.42 Å². The highest BCUT2D eigenvalue weighted by Gasteiger charge is 2.11. The minimum absolute atomic E-state index is 0.541. The zero-order valence-electron chi connectivity index (χ0n) is 9.66. The van der Waals surface area contributed by atoms with Crippen LogP contribution in [0.15, 0.2) is 12.5 Å². The van der Waals surface area contributed by atoms with Gasteiger partial charge in [-0.2, -0.15) is 0 Å². The molecule has 82 valence electrons. The average Bonchev–Trinajstić information content (AvgIpc) is 2.59.